The fourth-order valence-corrected chi connectivity index (χ4v) is 4.80. The molecule has 0 fully saturated rings. The molecule has 0 aliphatic carbocycles. The van der Waals surface area contributed by atoms with Gasteiger partial charge in [0.05, 0.1) is 18.5 Å². The van der Waals surface area contributed by atoms with E-state index in [-0.39, 0.29) is 5.91 Å². The molecule has 4 aromatic carbocycles. The van der Waals surface area contributed by atoms with Crippen LogP contribution in [0.2, 0.25) is 0 Å². The van der Waals surface area contributed by atoms with E-state index in [1.165, 1.54) is 3.57 Å². The fraction of sp³-hybridized carbons (Fsp3) is 0.118. The topological polar surface area (TPSA) is 64.8 Å². The Morgan fingerprint density at radius 2 is 1.63 bits per heavy atom. The Hall–Kier alpha value is -4.37. The molecule has 1 aromatic heterocycles. The SMILES string of the molecule is CCOc1cc(/C=N/NC(=O)c2ccc(-n3c(C)ccc3-c3ccccc3)cc2)ccc1OCc1ccc(I)cc1. The van der Waals surface area contributed by atoms with Crippen molar-refractivity contribution in [1.82, 2.24) is 9.99 Å². The minimum atomic E-state index is -0.289. The number of carbonyl (C=O) groups excluding carboxylic acids is 1. The van der Waals surface area contributed by atoms with Gasteiger partial charge in [0.25, 0.3) is 5.91 Å². The second kappa shape index (κ2) is 13.3. The van der Waals surface area contributed by atoms with Crippen molar-refractivity contribution in [3.05, 3.63) is 135 Å². The molecule has 0 bridgehead atoms. The number of nitrogens with zero attached hydrogens (tertiary/aromatic N) is 2. The summed E-state index contributed by atoms with van der Waals surface area (Å²) in [5.74, 6) is 0.988. The van der Waals surface area contributed by atoms with Crippen LogP contribution in [0.5, 0.6) is 11.5 Å². The van der Waals surface area contributed by atoms with Crippen LogP contribution in [0, 0.1) is 10.5 Å². The quantitative estimate of drug-likeness (QED) is 0.0949. The van der Waals surface area contributed by atoms with Gasteiger partial charge in [0, 0.05) is 20.5 Å². The Kier molecular flexibility index (Phi) is 9.15. The number of aromatic nitrogens is 1. The van der Waals surface area contributed by atoms with Gasteiger partial charge in [-0.1, -0.05) is 42.5 Å². The van der Waals surface area contributed by atoms with E-state index in [9.17, 15) is 4.79 Å². The number of carbonyl (C=O) groups is 1. The van der Waals surface area contributed by atoms with Gasteiger partial charge in [-0.05, 0) is 120 Å². The van der Waals surface area contributed by atoms with Crippen LogP contribution in [0.1, 0.15) is 34.1 Å². The minimum Gasteiger partial charge on any atom is -0.490 e. The number of hydrogen-bond donors (Lipinski definition) is 1. The number of benzene rings is 4. The van der Waals surface area contributed by atoms with E-state index in [4.69, 9.17) is 9.47 Å². The Morgan fingerprint density at radius 1 is 0.878 bits per heavy atom. The Labute approximate surface area is 253 Å². The number of aryl methyl sites for hydroxylation is 1. The number of rotatable bonds is 10. The van der Waals surface area contributed by atoms with Gasteiger partial charge in [0.1, 0.15) is 6.61 Å². The molecular weight excluding hydrogens is 625 g/mol. The second-order valence-corrected chi connectivity index (χ2v) is 10.6. The molecule has 6 nitrogen and oxygen atoms in total. The smallest absolute Gasteiger partial charge is 0.271 e. The number of nitrogens with one attached hydrogen (secondary N) is 1. The summed E-state index contributed by atoms with van der Waals surface area (Å²) in [6, 6.07) is 35.7. The lowest BCUT2D eigenvalue weighted by atomic mass is 10.1. The molecular formula is C34H30IN3O3. The van der Waals surface area contributed by atoms with Crippen LogP contribution in [0.4, 0.5) is 0 Å². The van der Waals surface area contributed by atoms with Crippen molar-refractivity contribution in [2.24, 2.45) is 5.10 Å². The largest absolute Gasteiger partial charge is 0.490 e. The van der Waals surface area contributed by atoms with Gasteiger partial charge in [0.2, 0.25) is 0 Å². The van der Waals surface area contributed by atoms with Crippen molar-refractivity contribution in [3.63, 3.8) is 0 Å². The Bertz CT molecular complexity index is 1640. The molecule has 5 aromatic rings. The van der Waals surface area contributed by atoms with Gasteiger partial charge in [-0.15, -0.1) is 0 Å². The van der Waals surface area contributed by atoms with Crippen LogP contribution in [0.25, 0.3) is 16.9 Å². The van der Waals surface area contributed by atoms with Crippen molar-refractivity contribution in [1.29, 1.82) is 0 Å². The average molecular weight is 656 g/mol. The number of hydrazone groups is 1. The summed E-state index contributed by atoms with van der Waals surface area (Å²) in [7, 11) is 0. The maximum atomic E-state index is 12.8. The highest BCUT2D eigenvalue weighted by Gasteiger charge is 2.11. The lowest BCUT2D eigenvalue weighted by Gasteiger charge is -2.13. The molecule has 0 unspecified atom stereocenters. The third kappa shape index (κ3) is 7.05. The zero-order valence-corrected chi connectivity index (χ0v) is 25.0. The zero-order chi connectivity index (χ0) is 28.6. The summed E-state index contributed by atoms with van der Waals surface area (Å²) >= 11 is 2.28. The van der Waals surface area contributed by atoms with Crippen LogP contribution in [-0.4, -0.2) is 23.3 Å². The average Bonchev–Trinajstić information content (AvgIpc) is 3.39. The molecule has 1 heterocycles. The molecule has 0 aliphatic heterocycles. The van der Waals surface area contributed by atoms with Crippen LogP contribution < -0.4 is 14.9 Å². The summed E-state index contributed by atoms with van der Waals surface area (Å²) in [4.78, 5) is 12.8. The van der Waals surface area contributed by atoms with E-state index in [1.54, 1.807) is 18.3 Å². The number of hydrogen-bond acceptors (Lipinski definition) is 4. The molecule has 0 radical (unpaired) electrons. The normalized spacial score (nSPS) is 11.0. The van der Waals surface area contributed by atoms with Crippen molar-refractivity contribution in [2.75, 3.05) is 6.61 Å². The molecule has 1 amide bonds. The van der Waals surface area contributed by atoms with Crippen molar-refractivity contribution in [2.45, 2.75) is 20.5 Å². The van der Waals surface area contributed by atoms with Crippen molar-refractivity contribution in [3.8, 4) is 28.4 Å². The number of halogens is 1. The third-order valence-corrected chi connectivity index (χ3v) is 7.21. The zero-order valence-electron chi connectivity index (χ0n) is 22.9. The summed E-state index contributed by atoms with van der Waals surface area (Å²) < 4.78 is 15.2. The van der Waals surface area contributed by atoms with Crippen LogP contribution in [-0.2, 0) is 6.61 Å². The first-order valence-corrected chi connectivity index (χ1v) is 14.4. The van der Waals surface area contributed by atoms with E-state index in [0.717, 1.165) is 33.8 Å². The summed E-state index contributed by atoms with van der Waals surface area (Å²) in [5, 5.41) is 4.16. The first-order valence-electron chi connectivity index (χ1n) is 13.3. The van der Waals surface area contributed by atoms with Gasteiger partial charge in [-0.25, -0.2) is 5.43 Å². The predicted octanol–water partition coefficient (Wildman–Crippen LogP) is 7.80. The van der Waals surface area contributed by atoms with E-state index in [1.807, 2.05) is 67.6 Å². The van der Waals surface area contributed by atoms with Crippen LogP contribution >= 0.6 is 22.6 Å². The number of amides is 1. The van der Waals surface area contributed by atoms with Gasteiger partial charge in [-0.2, -0.15) is 5.10 Å². The highest BCUT2D eigenvalue weighted by molar-refractivity contribution is 14.1. The molecule has 7 heteroatoms. The lowest BCUT2D eigenvalue weighted by Crippen LogP contribution is -2.17. The number of ether oxygens (including phenoxy) is 2. The van der Waals surface area contributed by atoms with E-state index < -0.39 is 0 Å². The van der Waals surface area contributed by atoms with E-state index in [2.05, 4.69) is 81.0 Å². The highest BCUT2D eigenvalue weighted by atomic mass is 127. The highest BCUT2D eigenvalue weighted by Crippen LogP contribution is 2.29. The Morgan fingerprint density at radius 3 is 2.37 bits per heavy atom. The second-order valence-electron chi connectivity index (χ2n) is 9.36. The van der Waals surface area contributed by atoms with Gasteiger partial charge >= 0.3 is 0 Å². The maximum absolute atomic E-state index is 12.8. The van der Waals surface area contributed by atoms with Crippen molar-refractivity contribution < 1.29 is 14.3 Å². The van der Waals surface area contributed by atoms with Gasteiger partial charge < -0.3 is 14.0 Å². The first kappa shape index (κ1) is 28.2. The molecule has 41 heavy (non-hydrogen) atoms. The van der Waals surface area contributed by atoms with Gasteiger partial charge in [0.15, 0.2) is 11.5 Å². The lowest BCUT2D eigenvalue weighted by molar-refractivity contribution is 0.0955. The minimum absolute atomic E-state index is 0.289. The van der Waals surface area contributed by atoms with E-state index >= 15 is 0 Å². The van der Waals surface area contributed by atoms with Gasteiger partial charge in [-0.3, -0.25) is 4.79 Å². The monoisotopic (exact) mass is 655 g/mol. The standard InChI is InChI=1S/C34H30IN3O3/c1-3-40-33-21-26(12-20-32(33)41-23-25-10-15-29(35)16-11-25)22-36-37-34(39)28-13-17-30(18-14-28)38-24(2)9-19-31(38)27-7-5-4-6-8-27/h4-22H,3,23H2,1-2H3,(H,37,39)/b36-22+. The fourth-order valence-electron chi connectivity index (χ4n) is 4.44. The van der Waals surface area contributed by atoms with Crippen LogP contribution in [0.15, 0.2) is 114 Å². The molecule has 5 rings (SSSR count). The third-order valence-electron chi connectivity index (χ3n) is 6.49. The molecule has 1 N–H and O–H groups in total. The summed E-state index contributed by atoms with van der Waals surface area (Å²) in [5.41, 5.74) is 9.33. The summed E-state index contributed by atoms with van der Waals surface area (Å²) in [6.07, 6.45) is 1.59. The first-order chi connectivity index (χ1) is 20.0. The Balaban J connectivity index is 1.23. The predicted molar refractivity (Wildman–Crippen MR) is 172 cm³/mol. The van der Waals surface area contributed by atoms with E-state index in [0.29, 0.717) is 30.3 Å². The molecule has 0 aliphatic rings. The van der Waals surface area contributed by atoms with Crippen molar-refractivity contribution >= 4 is 34.7 Å². The molecule has 0 saturated heterocycles. The summed E-state index contributed by atoms with van der Waals surface area (Å²) in [6.45, 7) is 4.94. The molecule has 0 atom stereocenters. The maximum Gasteiger partial charge on any atom is 0.271 e. The van der Waals surface area contributed by atoms with Crippen LogP contribution in [0.3, 0.4) is 0 Å². The molecule has 206 valence electrons. The molecule has 0 saturated carbocycles. The molecule has 0 spiro atoms.